The van der Waals surface area contributed by atoms with Gasteiger partial charge in [-0.2, -0.15) is 0 Å². The summed E-state index contributed by atoms with van der Waals surface area (Å²) in [5.41, 5.74) is 11.9. The number of rotatable bonds is 3. The third-order valence-electron chi connectivity index (χ3n) is 11.3. The first-order valence-electron chi connectivity index (χ1n) is 17.7. The van der Waals surface area contributed by atoms with Crippen LogP contribution >= 0.6 is 0 Å². The summed E-state index contributed by atoms with van der Waals surface area (Å²) in [7, 11) is 0. The Hall–Kier alpha value is -4.52. The molecule has 4 aromatic carbocycles. The predicted octanol–water partition coefficient (Wildman–Crippen LogP) is 9.65. The van der Waals surface area contributed by atoms with Crippen LogP contribution < -0.4 is 9.64 Å². The van der Waals surface area contributed by atoms with E-state index >= 15 is 0 Å². The zero-order valence-corrected chi connectivity index (χ0v) is 27.1. The topological polar surface area (TPSA) is 21.7 Å². The molecule has 3 nitrogen and oxygen atoms in total. The van der Waals surface area contributed by atoms with Crippen LogP contribution in [0.4, 0.5) is 5.69 Å². The standard InChI is InChI=1S/C44H41NO2/c1-2-12-25-43(26-13-3-1)39-19-11-10-18-37(39)40-35-16-8-5-9-17-36(35)42-38(41(40)43)24-27-44(47-42,32-14-6-4-7-15-32)33-20-22-34(23-21-33)45-28-30-46-31-29-45/h4,6-7,9-11,14-15,17-24,27H,1-3,5,12-13,25-26,28-31H2. The number of benzene rings is 4. The zero-order valence-electron chi connectivity index (χ0n) is 27.1. The molecule has 2 aliphatic heterocycles. The van der Waals surface area contributed by atoms with Crippen molar-refractivity contribution in [3.8, 4) is 28.7 Å². The molecule has 0 bridgehead atoms. The minimum Gasteiger partial charge on any atom is -0.472 e. The Morgan fingerprint density at radius 3 is 2.23 bits per heavy atom. The Bertz CT molecular complexity index is 1940. The van der Waals surface area contributed by atoms with Crippen LogP contribution in [0, 0.1) is 11.8 Å². The highest BCUT2D eigenvalue weighted by molar-refractivity contribution is 5.95. The highest BCUT2D eigenvalue weighted by Gasteiger charge is 2.48. The zero-order chi connectivity index (χ0) is 31.3. The maximum atomic E-state index is 7.61. The average Bonchev–Trinajstić information content (AvgIpc) is 3.22. The van der Waals surface area contributed by atoms with Gasteiger partial charge in [-0.25, -0.2) is 0 Å². The van der Waals surface area contributed by atoms with Gasteiger partial charge in [-0.05, 0) is 47.7 Å². The van der Waals surface area contributed by atoms with Gasteiger partial charge in [-0.15, -0.1) is 0 Å². The molecule has 9 rings (SSSR count). The van der Waals surface area contributed by atoms with Gasteiger partial charge in [-0.3, -0.25) is 0 Å². The summed E-state index contributed by atoms with van der Waals surface area (Å²) in [4.78, 5) is 2.41. The lowest BCUT2D eigenvalue weighted by Crippen LogP contribution is -2.37. The summed E-state index contributed by atoms with van der Waals surface area (Å²) >= 11 is 0. The molecular weight excluding hydrogens is 574 g/mol. The summed E-state index contributed by atoms with van der Waals surface area (Å²) in [5, 5.41) is 0. The van der Waals surface area contributed by atoms with Gasteiger partial charge in [0.1, 0.15) is 5.75 Å². The lowest BCUT2D eigenvalue weighted by atomic mass is 9.67. The molecule has 0 aromatic heterocycles. The van der Waals surface area contributed by atoms with Gasteiger partial charge in [0.15, 0.2) is 5.60 Å². The fourth-order valence-corrected chi connectivity index (χ4v) is 9.05. The Morgan fingerprint density at radius 2 is 1.43 bits per heavy atom. The smallest absolute Gasteiger partial charge is 0.178 e. The quantitative estimate of drug-likeness (QED) is 0.214. The van der Waals surface area contributed by atoms with Gasteiger partial charge >= 0.3 is 0 Å². The van der Waals surface area contributed by atoms with Crippen molar-refractivity contribution in [3.05, 3.63) is 130 Å². The van der Waals surface area contributed by atoms with Crippen LogP contribution in [-0.4, -0.2) is 26.3 Å². The first kappa shape index (κ1) is 28.7. The molecule has 5 aliphatic rings. The molecule has 0 radical (unpaired) electrons. The molecule has 0 amide bonds. The van der Waals surface area contributed by atoms with Gasteiger partial charge in [0.2, 0.25) is 0 Å². The van der Waals surface area contributed by atoms with E-state index in [1.54, 1.807) is 0 Å². The van der Waals surface area contributed by atoms with Gasteiger partial charge in [0.05, 0.1) is 13.2 Å². The lowest BCUT2D eigenvalue weighted by molar-refractivity contribution is 0.122. The minimum atomic E-state index is -0.771. The van der Waals surface area contributed by atoms with E-state index in [0.29, 0.717) is 0 Å². The van der Waals surface area contributed by atoms with Crippen molar-refractivity contribution in [2.45, 2.75) is 62.4 Å². The molecule has 1 saturated heterocycles. The molecule has 2 fully saturated rings. The molecule has 0 N–H and O–H groups in total. The van der Waals surface area contributed by atoms with Crippen LogP contribution in [0.25, 0.3) is 23.3 Å². The highest BCUT2D eigenvalue weighted by Crippen LogP contribution is 2.61. The summed E-state index contributed by atoms with van der Waals surface area (Å²) in [6.45, 7) is 3.38. The number of fused-ring (bicyclic) bond motifs is 10. The van der Waals surface area contributed by atoms with Crippen LogP contribution in [0.1, 0.15) is 90.3 Å². The molecule has 2 heterocycles. The van der Waals surface area contributed by atoms with Crippen molar-refractivity contribution < 1.29 is 9.47 Å². The second-order valence-corrected chi connectivity index (χ2v) is 13.8. The second kappa shape index (κ2) is 11.6. The number of hydrogen-bond donors (Lipinski definition) is 0. The molecule has 3 aliphatic carbocycles. The van der Waals surface area contributed by atoms with Crippen LogP contribution in [0.2, 0.25) is 0 Å². The number of nitrogens with zero attached hydrogens (tertiary/aromatic N) is 1. The van der Waals surface area contributed by atoms with Crippen LogP contribution in [0.5, 0.6) is 5.75 Å². The van der Waals surface area contributed by atoms with E-state index in [0.717, 1.165) is 60.7 Å². The normalized spacial score (nSPS) is 22.0. The van der Waals surface area contributed by atoms with E-state index < -0.39 is 5.60 Å². The number of allylic oxidation sites excluding steroid dienone is 1. The maximum absolute atomic E-state index is 7.61. The van der Waals surface area contributed by atoms with Crippen LogP contribution in [0.3, 0.4) is 0 Å². The molecule has 234 valence electrons. The fourth-order valence-electron chi connectivity index (χ4n) is 9.05. The van der Waals surface area contributed by atoms with Crippen molar-refractivity contribution in [1.82, 2.24) is 0 Å². The Kier molecular flexibility index (Phi) is 7.09. The van der Waals surface area contributed by atoms with E-state index in [-0.39, 0.29) is 5.41 Å². The Balaban J connectivity index is 1.27. The largest absolute Gasteiger partial charge is 0.472 e. The number of ether oxygens (including phenoxy) is 2. The van der Waals surface area contributed by atoms with Gasteiger partial charge in [0.25, 0.3) is 0 Å². The summed E-state index contributed by atoms with van der Waals surface area (Å²) in [6.07, 6.45) is 18.8. The van der Waals surface area contributed by atoms with Crippen LogP contribution in [0.15, 0.2) is 91.0 Å². The summed E-state index contributed by atoms with van der Waals surface area (Å²) in [6, 6.07) is 29.0. The van der Waals surface area contributed by atoms with E-state index in [9.17, 15) is 0 Å². The molecule has 1 atom stereocenters. The summed E-state index contributed by atoms with van der Waals surface area (Å²) < 4.78 is 13.2. The van der Waals surface area contributed by atoms with Crippen molar-refractivity contribution in [3.63, 3.8) is 0 Å². The maximum Gasteiger partial charge on any atom is 0.178 e. The molecule has 1 saturated carbocycles. The third kappa shape index (κ3) is 4.53. The van der Waals surface area contributed by atoms with Gasteiger partial charge in [-0.1, -0.05) is 129 Å². The predicted molar refractivity (Wildman–Crippen MR) is 192 cm³/mol. The number of morpholine rings is 1. The second-order valence-electron chi connectivity index (χ2n) is 13.8. The first-order valence-corrected chi connectivity index (χ1v) is 17.7. The highest BCUT2D eigenvalue weighted by atomic mass is 16.5. The third-order valence-corrected chi connectivity index (χ3v) is 11.3. The molecule has 3 heteroatoms. The number of anilines is 1. The number of hydrogen-bond acceptors (Lipinski definition) is 3. The minimum absolute atomic E-state index is 0.0244. The first-order chi connectivity index (χ1) is 23.3. The molecule has 1 spiro atoms. The van der Waals surface area contributed by atoms with E-state index in [2.05, 4.69) is 120 Å². The SMILES string of the molecule is C1#Cc2c(c3c(c4c2-c2ccccc2C42CCCCCCC2)C=CC(c2ccccc2)(c2ccc(N4CCOCC4)cc2)O3)C=CC1. The van der Waals surface area contributed by atoms with Crippen molar-refractivity contribution in [2.75, 3.05) is 31.2 Å². The molecule has 4 aromatic rings. The summed E-state index contributed by atoms with van der Waals surface area (Å²) in [5.74, 6) is 8.14. The van der Waals surface area contributed by atoms with Crippen molar-refractivity contribution >= 4 is 17.8 Å². The molecule has 47 heavy (non-hydrogen) atoms. The van der Waals surface area contributed by atoms with E-state index in [1.807, 2.05) is 0 Å². The van der Waals surface area contributed by atoms with Crippen molar-refractivity contribution in [2.24, 2.45) is 0 Å². The van der Waals surface area contributed by atoms with Crippen molar-refractivity contribution in [1.29, 1.82) is 0 Å². The fraction of sp³-hybridized carbons (Fsp3) is 0.318. The van der Waals surface area contributed by atoms with Crippen LogP contribution in [-0.2, 0) is 15.8 Å². The van der Waals surface area contributed by atoms with E-state index in [4.69, 9.17) is 9.47 Å². The van der Waals surface area contributed by atoms with E-state index in [1.165, 1.54) is 78.5 Å². The monoisotopic (exact) mass is 615 g/mol. The average molecular weight is 616 g/mol. The van der Waals surface area contributed by atoms with Gasteiger partial charge < -0.3 is 14.4 Å². The van der Waals surface area contributed by atoms with Gasteiger partial charge in [0, 0.05) is 64.0 Å². The molecule has 1 unspecified atom stereocenters. The molecular formula is C44H41NO2. The Labute approximate surface area is 278 Å². The Morgan fingerprint density at radius 1 is 0.702 bits per heavy atom. The lowest BCUT2D eigenvalue weighted by Gasteiger charge is -2.40.